The SMILES string of the molecule is COc1c(O)cc(CC(=O)C(=O)O)cc1Br. The highest BCUT2D eigenvalue weighted by Gasteiger charge is 2.15. The molecule has 6 heteroatoms. The van der Waals surface area contributed by atoms with Crippen molar-refractivity contribution < 1.29 is 24.5 Å². The quantitative estimate of drug-likeness (QED) is 0.818. The van der Waals surface area contributed by atoms with Crippen molar-refractivity contribution in [1.82, 2.24) is 0 Å². The van der Waals surface area contributed by atoms with E-state index in [2.05, 4.69) is 15.9 Å². The van der Waals surface area contributed by atoms with Gasteiger partial charge in [0.15, 0.2) is 11.5 Å². The Kier molecular flexibility index (Phi) is 3.89. The number of methoxy groups -OCH3 is 1. The van der Waals surface area contributed by atoms with Gasteiger partial charge in [0, 0.05) is 6.42 Å². The molecule has 2 N–H and O–H groups in total. The number of aliphatic carboxylic acids is 1. The zero-order chi connectivity index (χ0) is 12.3. The predicted molar refractivity (Wildman–Crippen MR) is 58.7 cm³/mol. The average Bonchev–Trinajstić information content (AvgIpc) is 2.16. The number of hydrogen-bond donors (Lipinski definition) is 2. The number of Topliss-reactive ketones (excluding diaryl/α,β-unsaturated/α-hetero) is 1. The fourth-order valence-electron chi connectivity index (χ4n) is 1.20. The zero-order valence-electron chi connectivity index (χ0n) is 8.36. The third-order valence-electron chi connectivity index (χ3n) is 1.89. The summed E-state index contributed by atoms with van der Waals surface area (Å²) in [4.78, 5) is 21.3. The topological polar surface area (TPSA) is 83.8 Å². The monoisotopic (exact) mass is 288 g/mol. The summed E-state index contributed by atoms with van der Waals surface area (Å²) in [5.74, 6) is -2.33. The molecular weight excluding hydrogens is 280 g/mol. The van der Waals surface area contributed by atoms with E-state index in [0.29, 0.717) is 10.0 Å². The van der Waals surface area contributed by atoms with E-state index in [1.807, 2.05) is 0 Å². The van der Waals surface area contributed by atoms with E-state index in [0.717, 1.165) is 0 Å². The molecule has 0 bridgehead atoms. The highest BCUT2D eigenvalue weighted by Crippen LogP contribution is 2.35. The molecule has 0 heterocycles. The number of aromatic hydroxyl groups is 1. The third-order valence-corrected chi connectivity index (χ3v) is 2.48. The zero-order valence-corrected chi connectivity index (χ0v) is 9.94. The normalized spacial score (nSPS) is 9.88. The van der Waals surface area contributed by atoms with Crippen molar-refractivity contribution in [2.24, 2.45) is 0 Å². The highest BCUT2D eigenvalue weighted by molar-refractivity contribution is 9.10. The van der Waals surface area contributed by atoms with Crippen LogP contribution in [0, 0.1) is 0 Å². The van der Waals surface area contributed by atoms with Crippen molar-refractivity contribution in [3.63, 3.8) is 0 Å². The average molecular weight is 289 g/mol. The van der Waals surface area contributed by atoms with Crippen LogP contribution >= 0.6 is 15.9 Å². The third kappa shape index (κ3) is 2.73. The maximum atomic E-state index is 11.0. The molecule has 1 aromatic carbocycles. The standard InChI is InChI=1S/C10H9BrO5/c1-16-9-6(11)2-5(3-7(9)12)4-8(13)10(14)15/h2-3,12H,4H2,1H3,(H,14,15). The molecule has 0 saturated heterocycles. The van der Waals surface area contributed by atoms with Gasteiger partial charge in [-0.05, 0) is 33.6 Å². The minimum absolute atomic E-state index is 0.148. The summed E-state index contributed by atoms with van der Waals surface area (Å²) in [5, 5.41) is 17.9. The molecule has 5 nitrogen and oxygen atoms in total. The van der Waals surface area contributed by atoms with Crippen LogP contribution in [0.2, 0.25) is 0 Å². The van der Waals surface area contributed by atoms with Gasteiger partial charge >= 0.3 is 5.97 Å². The first-order valence-corrected chi connectivity index (χ1v) is 5.06. The molecule has 0 aromatic heterocycles. The number of halogens is 1. The lowest BCUT2D eigenvalue weighted by Crippen LogP contribution is -2.15. The van der Waals surface area contributed by atoms with Crippen molar-refractivity contribution in [2.45, 2.75) is 6.42 Å². The first-order valence-electron chi connectivity index (χ1n) is 4.27. The molecule has 0 unspecified atom stereocenters. The largest absolute Gasteiger partial charge is 0.504 e. The summed E-state index contributed by atoms with van der Waals surface area (Å²) < 4.78 is 5.35. The Labute approximate surface area is 99.8 Å². The van der Waals surface area contributed by atoms with Gasteiger partial charge in [0.1, 0.15) is 0 Å². The van der Waals surface area contributed by atoms with Crippen molar-refractivity contribution in [1.29, 1.82) is 0 Å². The van der Waals surface area contributed by atoms with Crippen LogP contribution in [0.5, 0.6) is 11.5 Å². The van der Waals surface area contributed by atoms with E-state index in [4.69, 9.17) is 9.84 Å². The summed E-state index contributed by atoms with van der Waals surface area (Å²) in [6.45, 7) is 0. The summed E-state index contributed by atoms with van der Waals surface area (Å²) in [5.41, 5.74) is 0.401. The number of hydrogen-bond acceptors (Lipinski definition) is 4. The Hall–Kier alpha value is -1.56. The molecule has 0 spiro atoms. The maximum absolute atomic E-state index is 11.0. The first kappa shape index (κ1) is 12.5. The molecular formula is C10H9BrO5. The molecule has 16 heavy (non-hydrogen) atoms. The second kappa shape index (κ2) is 4.98. The first-order chi connectivity index (χ1) is 7.45. The Morgan fingerprint density at radius 2 is 2.06 bits per heavy atom. The van der Waals surface area contributed by atoms with E-state index in [1.165, 1.54) is 19.2 Å². The summed E-state index contributed by atoms with van der Waals surface area (Å²) in [6.07, 6.45) is -0.272. The summed E-state index contributed by atoms with van der Waals surface area (Å²) in [6, 6.07) is 2.82. The second-order valence-corrected chi connectivity index (χ2v) is 3.89. The molecule has 0 fully saturated rings. The number of ether oxygens (including phenoxy) is 1. The number of phenolic OH excluding ortho intramolecular Hbond substituents is 1. The van der Waals surface area contributed by atoms with E-state index >= 15 is 0 Å². The van der Waals surface area contributed by atoms with Crippen molar-refractivity contribution in [3.05, 3.63) is 22.2 Å². The molecule has 0 saturated carbocycles. The van der Waals surface area contributed by atoms with E-state index in [9.17, 15) is 14.7 Å². The van der Waals surface area contributed by atoms with Gasteiger partial charge in [0.25, 0.3) is 0 Å². The number of carbonyl (C=O) groups excluding carboxylic acids is 1. The Bertz CT molecular complexity index is 418. The van der Waals surface area contributed by atoms with Gasteiger partial charge in [-0.25, -0.2) is 4.79 Å². The van der Waals surface area contributed by atoms with Gasteiger partial charge in [-0.2, -0.15) is 0 Å². The Balaban J connectivity index is 3.00. The van der Waals surface area contributed by atoms with Gasteiger partial charge in [-0.15, -0.1) is 0 Å². The molecule has 86 valence electrons. The van der Waals surface area contributed by atoms with Crippen LogP contribution in [0.4, 0.5) is 0 Å². The van der Waals surface area contributed by atoms with Gasteiger partial charge in [-0.3, -0.25) is 4.79 Å². The molecule has 0 aliphatic carbocycles. The Morgan fingerprint density at radius 3 is 2.50 bits per heavy atom. The van der Waals surface area contributed by atoms with E-state index in [-0.39, 0.29) is 17.9 Å². The lowest BCUT2D eigenvalue weighted by molar-refractivity contribution is -0.148. The fraction of sp³-hybridized carbons (Fsp3) is 0.200. The van der Waals surface area contributed by atoms with Crippen molar-refractivity contribution in [2.75, 3.05) is 7.11 Å². The fourth-order valence-corrected chi connectivity index (χ4v) is 1.86. The van der Waals surface area contributed by atoms with Crippen LogP contribution in [-0.2, 0) is 16.0 Å². The van der Waals surface area contributed by atoms with Gasteiger partial charge < -0.3 is 14.9 Å². The Morgan fingerprint density at radius 1 is 1.44 bits per heavy atom. The summed E-state index contributed by atoms with van der Waals surface area (Å²) >= 11 is 3.14. The van der Waals surface area contributed by atoms with Crippen LogP contribution in [0.25, 0.3) is 0 Å². The lowest BCUT2D eigenvalue weighted by atomic mass is 10.1. The van der Waals surface area contributed by atoms with Gasteiger partial charge in [-0.1, -0.05) is 0 Å². The number of carbonyl (C=O) groups is 2. The number of phenols is 1. The smallest absolute Gasteiger partial charge is 0.372 e. The highest BCUT2D eigenvalue weighted by atomic mass is 79.9. The van der Waals surface area contributed by atoms with Crippen molar-refractivity contribution in [3.8, 4) is 11.5 Å². The number of benzene rings is 1. The maximum Gasteiger partial charge on any atom is 0.372 e. The van der Waals surface area contributed by atoms with E-state index in [1.54, 1.807) is 0 Å². The van der Waals surface area contributed by atoms with Crippen LogP contribution in [0.15, 0.2) is 16.6 Å². The van der Waals surface area contributed by atoms with Gasteiger partial charge in [0.05, 0.1) is 11.6 Å². The van der Waals surface area contributed by atoms with E-state index < -0.39 is 11.8 Å². The molecule has 1 rings (SSSR count). The number of carboxylic acids is 1. The second-order valence-electron chi connectivity index (χ2n) is 3.04. The van der Waals surface area contributed by atoms with Crippen LogP contribution in [-0.4, -0.2) is 29.1 Å². The summed E-state index contributed by atoms with van der Waals surface area (Å²) in [7, 11) is 1.39. The molecule has 0 amide bonds. The van der Waals surface area contributed by atoms with Crippen LogP contribution < -0.4 is 4.74 Å². The molecule has 0 aliphatic rings. The number of ketones is 1. The molecule has 0 atom stereocenters. The predicted octanol–water partition coefficient (Wildman–Crippen LogP) is 1.36. The molecule has 0 aliphatic heterocycles. The molecule has 1 aromatic rings. The van der Waals surface area contributed by atoms with Crippen LogP contribution in [0.1, 0.15) is 5.56 Å². The van der Waals surface area contributed by atoms with Crippen molar-refractivity contribution >= 4 is 27.7 Å². The molecule has 0 radical (unpaired) electrons. The van der Waals surface area contributed by atoms with Crippen LogP contribution in [0.3, 0.4) is 0 Å². The minimum Gasteiger partial charge on any atom is -0.504 e. The lowest BCUT2D eigenvalue weighted by Gasteiger charge is -2.07. The number of rotatable bonds is 4. The van der Waals surface area contributed by atoms with Gasteiger partial charge in [0.2, 0.25) is 5.78 Å². The number of carboxylic acid groups (broad SMARTS) is 1. The minimum atomic E-state index is -1.49.